The average Bonchev–Trinajstić information content (AvgIpc) is 3.02. The zero-order chi connectivity index (χ0) is 17.8. The maximum absolute atomic E-state index is 13.2. The molecule has 0 unspecified atom stereocenters. The monoisotopic (exact) mass is 337 g/mol. The fourth-order valence-electron chi connectivity index (χ4n) is 3.05. The van der Waals surface area contributed by atoms with Gasteiger partial charge in [0.2, 0.25) is 0 Å². The summed E-state index contributed by atoms with van der Waals surface area (Å²) in [5.74, 6) is 0.0135. The molecule has 2 aromatic heterocycles. The van der Waals surface area contributed by atoms with Gasteiger partial charge in [0.05, 0.1) is 22.3 Å². The number of carbonyl (C=O) groups excluding carboxylic acids is 1. The van der Waals surface area contributed by atoms with Crippen molar-refractivity contribution in [1.82, 2.24) is 15.0 Å². The summed E-state index contributed by atoms with van der Waals surface area (Å²) < 4.78 is 5.37. The molecule has 25 heavy (non-hydrogen) atoms. The van der Waals surface area contributed by atoms with E-state index in [1.807, 2.05) is 48.2 Å². The lowest BCUT2D eigenvalue weighted by molar-refractivity contribution is 0.0757. The van der Waals surface area contributed by atoms with Crippen LogP contribution >= 0.6 is 0 Å². The summed E-state index contributed by atoms with van der Waals surface area (Å²) in [7, 11) is 0. The molecule has 0 radical (unpaired) electrons. The molecule has 0 fully saturated rings. The Labute approximate surface area is 147 Å². The van der Waals surface area contributed by atoms with Crippen molar-refractivity contribution >= 4 is 17.0 Å². The van der Waals surface area contributed by atoms with E-state index in [0.717, 1.165) is 37.2 Å². The predicted octanol–water partition coefficient (Wildman–Crippen LogP) is 4.46. The molecule has 0 spiro atoms. The lowest BCUT2D eigenvalue weighted by Crippen LogP contribution is -2.32. The fourth-order valence-corrected chi connectivity index (χ4v) is 3.05. The summed E-state index contributed by atoms with van der Waals surface area (Å²) >= 11 is 0. The topological polar surface area (TPSA) is 59.2 Å². The van der Waals surface area contributed by atoms with E-state index < -0.39 is 0 Å². The minimum Gasteiger partial charge on any atom is -0.339 e. The second kappa shape index (κ2) is 7.47. The van der Waals surface area contributed by atoms with Crippen LogP contribution in [0.3, 0.4) is 0 Å². The molecule has 0 N–H and O–H groups in total. The van der Waals surface area contributed by atoms with Gasteiger partial charge in [-0.2, -0.15) is 0 Å². The van der Waals surface area contributed by atoms with Gasteiger partial charge in [-0.05, 0) is 25.8 Å². The van der Waals surface area contributed by atoms with Crippen molar-refractivity contribution in [3.8, 4) is 11.3 Å². The third kappa shape index (κ3) is 3.40. The third-order valence-corrected chi connectivity index (χ3v) is 4.19. The highest BCUT2D eigenvalue weighted by atomic mass is 16.5. The molecule has 0 bridgehead atoms. The van der Waals surface area contributed by atoms with Crippen LogP contribution in [0.25, 0.3) is 22.4 Å². The Kier molecular flexibility index (Phi) is 5.12. The maximum Gasteiger partial charge on any atom is 0.259 e. The number of carbonyl (C=O) groups is 1. The maximum atomic E-state index is 13.2. The molecule has 0 aliphatic heterocycles. The Morgan fingerprint density at radius 1 is 1.12 bits per heavy atom. The van der Waals surface area contributed by atoms with Gasteiger partial charge in [-0.15, -0.1) is 0 Å². The number of amides is 1. The molecule has 2 heterocycles. The predicted molar refractivity (Wildman–Crippen MR) is 98.5 cm³/mol. The van der Waals surface area contributed by atoms with Gasteiger partial charge in [0.25, 0.3) is 11.6 Å². The Morgan fingerprint density at radius 2 is 1.80 bits per heavy atom. The lowest BCUT2D eigenvalue weighted by Gasteiger charge is -2.22. The van der Waals surface area contributed by atoms with E-state index in [2.05, 4.69) is 24.0 Å². The van der Waals surface area contributed by atoms with Gasteiger partial charge in [-0.3, -0.25) is 4.79 Å². The second-order valence-corrected chi connectivity index (χ2v) is 6.16. The number of pyridine rings is 1. The van der Waals surface area contributed by atoms with Gasteiger partial charge < -0.3 is 9.42 Å². The van der Waals surface area contributed by atoms with E-state index in [1.165, 1.54) is 0 Å². The van der Waals surface area contributed by atoms with Crippen LogP contribution in [0.1, 0.15) is 42.7 Å². The zero-order valence-corrected chi connectivity index (χ0v) is 15.0. The number of aryl methyl sites for hydroxylation is 1. The molecule has 5 nitrogen and oxygen atoms in total. The molecular weight excluding hydrogens is 314 g/mol. The van der Waals surface area contributed by atoms with Crippen molar-refractivity contribution in [2.24, 2.45) is 0 Å². The van der Waals surface area contributed by atoms with Crippen LogP contribution in [0.2, 0.25) is 0 Å². The molecule has 1 aromatic carbocycles. The van der Waals surface area contributed by atoms with E-state index in [0.29, 0.717) is 22.4 Å². The zero-order valence-electron chi connectivity index (χ0n) is 15.0. The summed E-state index contributed by atoms with van der Waals surface area (Å²) in [4.78, 5) is 19.7. The SMILES string of the molecule is CCCN(CCC)C(=O)c1cc(-c2ccccc2)nc2onc(C)c12. The standard InChI is InChI=1S/C20H23N3O2/c1-4-11-23(12-5-2)20(24)16-13-17(15-9-7-6-8-10-15)21-19-18(16)14(3)22-25-19/h6-10,13H,4-5,11-12H2,1-3H3. The first-order chi connectivity index (χ1) is 12.2. The molecule has 5 heteroatoms. The van der Waals surface area contributed by atoms with Gasteiger partial charge in [-0.1, -0.05) is 49.3 Å². The molecule has 0 saturated carbocycles. The Morgan fingerprint density at radius 3 is 2.44 bits per heavy atom. The number of rotatable bonds is 6. The summed E-state index contributed by atoms with van der Waals surface area (Å²) in [6, 6.07) is 11.7. The van der Waals surface area contributed by atoms with E-state index in [1.54, 1.807) is 0 Å². The van der Waals surface area contributed by atoms with Gasteiger partial charge in [0.1, 0.15) is 0 Å². The van der Waals surface area contributed by atoms with Crippen molar-refractivity contribution in [2.75, 3.05) is 13.1 Å². The molecule has 3 aromatic rings. The van der Waals surface area contributed by atoms with Gasteiger partial charge in [0.15, 0.2) is 0 Å². The fraction of sp³-hybridized carbons (Fsp3) is 0.350. The first-order valence-electron chi connectivity index (χ1n) is 8.77. The number of hydrogen-bond donors (Lipinski definition) is 0. The van der Waals surface area contributed by atoms with Gasteiger partial charge in [0, 0.05) is 18.7 Å². The molecular formula is C20H23N3O2. The van der Waals surface area contributed by atoms with Crippen LogP contribution in [0.4, 0.5) is 0 Å². The highest BCUT2D eigenvalue weighted by Crippen LogP contribution is 2.28. The Hall–Kier alpha value is -2.69. The van der Waals surface area contributed by atoms with Crippen molar-refractivity contribution in [2.45, 2.75) is 33.6 Å². The summed E-state index contributed by atoms with van der Waals surface area (Å²) in [5, 5.41) is 4.73. The van der Waals surface area contributed by atoms with Gasteiger partial charge in [-0.25, -0.2) is 4.98 Å². The molecule has 130 valence electrons. The summed E-state index contributed by atoms with van der Waals surface area (Å²) in [6.45, 7) is 7.48. The van der Waals surface area contributed by atoms with E-state index >= 15 is 0 Å². The summed E-state index contributed by atoms with van der Waals surface area (Å²) in [6.07, 6.45) is 1.85. The van der Waals surface area contributed by atoms with Crippen molar-refractivity contribution in [3.05, 3.63) is 47.7 Å². The lowest BCUT2D eigenvalue weighted by atomic mass is 10.0. The average molecular weight is 337 g/mol. The Balaban J connectivity index is 2.15. The van der Waals surface area contributed by atoms with E-state index in [-0.39, 0.29) is 5.91 Å². The number of nitrogens with zero attached hydrogens (tertiary/aromatic N) is 3. The van der Waals surface area contributed by atoms with E-state index in [4.69, 9.17) is 4.52 Å². The number of hydrogen-bond acceptors (Lipinski definition) is 4. The van der Waals surface area contributed by atoms with Crippen LogP contribution in [-0.2, 0) is 0 Å². The highest BCUT2D eigenvalue weighted by Gasteiger charge is 2.22. The third-order valence-electron chi connectivity index (χ3n) is 4.19. The van der Waals surface area contributed by atoms with Crippen LogP contribution in [0.15, 0.2) is 40.9 Å². The summed E-state index contributed by atoms with van der Waals surface area (Å²) in [5.41, 5.74) is 3.39. The van der Waals surface area contributed by atoms with Crippen LogP contribution in [0, 0.1) is 6.92 Å². The quantitative estimate of drug-likeness (QED) is 0.666. The molecule has 0 atom stereocenters. The minimum atomic E-state index is 0.0135. The van der Waals surface area contributed by atoms with Crippen molar-refractivity contribution in [3.63, 3.8) is 0 Å². The Bertz CT molecular complexity index is 865. The molecule has 0 saturated heterocycles. The molecule has 0 aliphatic rings. The first-order valence-corrected chi connectivity index (χ1v) is 8.77. The first kappa shape index (κ1) is 17.1. The number of aromatic nitrogens is 2. The highest BCUT2D eigenvalue weighted by molar-refractivity contribution is 6.07. The van der Waals surface area contributed by atoms with E-state index in [9.17, 15) is 4.79 Å². The molecule has 1 amide bonds. The van der Waals surface area contributed by atoms with Gasteiger partial charge >= 0.3 is 0 Å². The largest absolute Gasteiger partial charge is 0.339 e. The number of fused-ring (bicyclic) bond motifs is 1. The van der Waals surface area contributed by atoms with Crippen LogP contribution < -0.4 is 0 Å². The van der Waals surface area contributed by atoms with Crippen LogP contribution in [-0.4, -0.2) is 34.0 Å². The molecule has 0 aliphatic carbocycles. The number of benzene rings is 1. The van der Waals surface area contributed by atoms with Crippen molar-refractivity contribution < 1.29 is 9.32 Å². The molecule has 3 rings (SSSR count). The minimum absolute atomic E-state index is 0.0135. The van der Waals surface area contributed by atoms with Crippen LogP contribution in [0.5, 0.6) is 0 Å². The second-order valence-electron chi connectivity index (χ2n) is 6.16. The smallest absolute Gasteiger partial charge is 0.259 e. The van der Waals surface area contributed by atoms with Crippen molar-refractivity contribution in [1.29, 1.82) is 0 Å². The normalized spacial score (nSPS) is 11.0.